The van der Waals surface area contributed by atoms with Crippen molar-refractivity contribution in [2.75, 3.05) is 4.90 Å². The van der Waals surface area contributed by atoms with Crippen LogP contribution in [0.25, 0.3) is 0 Å². The van der Waals surface area contributed by atoms with E-state index < -0.39 is 0 Å². The molecule has 2 aliphatic rings. The summed E-state index contributed by atoms with van der Waals surface area (Å²) in [4.78, 5) is 26.2. The predicted molar refractivity (Wildman–Crippen MR) is 75.3 cm³/mol. The first-order valence-electron chi connectivity index (χ1n) is 7.20. The molecule has 3 rings (SSSR count). The third-order valence-corrected chi connectivity index (χ3v) is 4.76. The van der Waals surface area contributed by atoms with E-state index >= 15 is 0 Å². The van der Waals surface area contributed by atoms with Crippen LogP contribution in [0.1, 0.15) is 31.7 Å². The highest BCUT2D eigenvalue weighted by Crippen LogP contribution is 2.45. The summed E-state index contributed by atoms with van der Waals surface area (Å²) in [5.41, 5.74) is 1.23. The SMILES string of the molecule is CCC1CC2C(=O)N(c3ccc(C)c(O)c3)C(=O)C2C1. The van der Waals surface area contributed by atoms with Crippen molar-refractivity contribution >= 4 is 17.5 Å². The molecule has 2 unspecified atom stereocenters. The highest BCUT2D eigenvalue weighted by atomic mass is 16.3. The Kier molecular flexibility index (Phi) is 3.04. The van der Waals surface area contributed by atoms with Gasteiger partial charge in [-0.05, 0) is 37.3 Å². The van der Waals surface area contributed by atoms with Crippen LogP contribution < -0.4 is 4.90 Å². The van der Waals surface area contributed by atoms with E-state index in [1.54, 1.807) is 19.1 Å². The molecular formula is C16H19NO3. The van der Waals surface area contributed by atoms with Crippen molar-refractivity contribution in [3.63, 3.8) is 0 Å². The van der Waals surface area contributed by atoms with Crippen molar-refractivity contribution in [3.8, 4) is 5.75 Å². The Bertz CT molecular complexity index is 557. The quantitative estimate of drug-likeness (QED) is 0.843. The minimum Gasteiger partial charge on any atom is -0.508 e. The number of nitrogens with zero attached hydrogens (tertiary/aromatic N) is 1. The van der Waals surface area contributed by atoms with Crippen molar-refractivity contribution in [2.45, 2.75) is 33.1 Å². The lowest BCUT2D eigenvalue weighted by atomic mass is 10.00. The Balaban J connectivity index is 1.91. The molecule has 0 spiro atoms. The average Bonchev–Trinajstić information content (AvgIpc) is 2.94. The number of aromatic hydroxyl groups is 1. The number of phenols is 1. The van der Waals surface area contributed by atoms with Gasteiger partial charge < -0.3 is 5.11 Å². The van der Waals surface area contributed by atoms with Crippen LogP contribution in [0.5, 0.6) is 5.75 Å². The monoisotopic (exact) mass is 273 g/mol. The Hall–Kier alpha value is -1.84. The van der Waals surface area contributed by atoms with Gasteiger partial charge in [0.2, 0.25) is 11.8 Å². The number of carbonyl (C=O) groups excluding carboxylic acids is 2. The molecule has 0 radical (unpaired) electrons. The van der Waals surface area contributed by atoms with Crippen LogP contribution in [0.15, 0.2) is 18.2 Å². The normalized spacial score (nSPS) is 29.1. The summed E-state index contributed by atoms with van der Waals surface area (Å²) >= 11 is 0. The molecule has 1 heterocycles. The van der Waals surface area contributed by atoms with Crippen molar-refractivity contribution < 1.29 is 14.7 Å². The van der Waals surface area contributed by atoms with E-state index in [1.807, 2.05) is 0 Å². The molecule has 1 aliphatic heterocycles. The van der Waals surface area contributed by atoms with Gasteiger partial charge in [-0.25, -0.2) is 4.90 Å². The maximum absolute atomic E-state index is 12.5. The number of benzene rings is 1. The lowest BCUT2D eigenvalue weighted by molar-refractivity contribution is -0.123. The molecule has 1 N–H and O–H groups in total. The van der Waals surface area contributed by atoms with Gasteiger partial charge in [-0.1, -0.05) is 19.4 Å². The van der Waals surface area contributed by atoms with Gasteiger partial charge in [0.25, 0.3) is 0 Å². The largest absolute Gasteiger partial charge is 0.508 e. The summed E-state index contributed by atoms with van der Waals surface area (Å²) in [6, 6.07) is 4.96. The number of hydrogen-bond acceptors (Lipinski definition) is 3. The fourth-order valence-corrected chi connectivity index (χ4v) is 3.45. The van der Waals surface area contributed by atoms with Gasteiger partial charge in [-0.15, -0.1) is 0 Å². The minimum absolute atomic E-state index is 0.0980. The van der Waals surface area contributed by atoms with Crippen LogP contribution in [-0.4, -0.2) is 16.9 Å². The summed E-state index contributed by atoms with van der Waals surface area (Å²) in [7, 11) is 0. The molecule has 106 valence electrons. The van der Waals surface area contributed by atoms with Gasteiger partial charge in [0.15, 0.2) is 0 Å². The van der Waals surface area contributed by atoms with Crippen LogP contribution in [0.3, 0.4) is 0 Å². The molecule has 0 bridgehead atoms. The van der Waals surface area contributed by atoms with Crippen LogP contribution >= 0.6 is 0 Å². The van der Waals surface area contributed by atoms with E-state index in [-0.39, 0.29) is 29.4 Å². The lowest BCUT2D eigenvalue weighted by Gasteiger charge is -2.18. The zero-order valence-electron chi connectivity index (χ0n) is 11.8. The van der Waals surface area contributed by atoms with E-state index in [0.29, 0.717) is 11.6 Å². The zero-order valence-corrected chi connectivity index (χ0v) is 11.8. The van der Waals surface area contributed by atoms with Crippen molar-refractivity contribution in [1.29, 1.82) is 0 Å². The molecule has 2 amide bonds. The lowest BCUT2D eigenvalue weighted by Crippen LogP contribution is -2.32. The average molecular weight is 273 g/mol. The molecule has 1 aliphatic carbocycles. The number of carbonyl (C=O) groups is 2. The van der Waals surface area contributed by atoms with Crippen molar-refractivity contribution in [3.05, 3.63) is 23.8 Å². The third-order valence-electron chi connectivity index (χ3n) is 4.76. The van der Waals surface area contributed by atoms with E-state index in [1.165, 1.54) is 11.0 Å². The first-order chi connectivity index (χ1) is 9.52. The molecule has 20 heavy (non-hydrogen) atoms. The second-order valence-electron chi connectivity index (χ2n) is 5.94. The fraction of sp³-hybridized carbons (Fsp3) is 0.500. The minimum atomic E-state index is -0.157. The molecule has 1 saturated carbocycles. The Morgan fingerprint density at radius 1 is 1.20 bits per heavy atom. The first kappa shape index (κ1) is 13.2. The maximum Gasteiger partial charge on any atom is 0.237 e. The summed E-state index contributed by atoms with van der Waals surface area (Å²) in [5, 5.41) is 9.77. The summed E-state index contributed by atoms with van der Waals surface area (Å²) in [5.74, 6) is 0.100. The van der Waals surface area contributed by atoms with Gasteiger partial charge in [0, 0.05) is 6.07 Å². The molecule has 2 atom stereocenters. The van der Waals surface area contributed by atoms with Gasteiger partial charge in [0.05, 0.1) is 17.5 Å². The number of amides is 2. The fourth-order valence-electron chi connectivity index (χ4n) is 3.45. The molecule has 0 aromatic heterocycles. The zero-order chi connectivity index (χ0) is 14.4. The van der Waals surface area contributed by atoms with E-state index in [9.17, 15) is 14.7 Å². The van der Waals surface area contributed by atoms with Gasteiger partial charge >= 0.3 is 0 Å². The van der Waals surface area contributed by atoms with Crippen molar-refractivity contribution in [2.24, 2.45) is 17.8 Å². The standard InChI is InChI=1S/C16H19NO3/c1-3-10-6-12-13(7-10)16(20)17(15(12)19)11-5-4-9(2)14(18)8-11/h4-5,8,10,12-13,18H,3,6-7H2,1-2H3. The molecule has 1 aromatic carbocycles. The molecule has 4 nitrogen and oxygen atoms in total. The number of aryl methyl sites for hydroxylation is 1. The molecular weight excluding hydrogens is 254 g/mol. The summed E-state index contributed by atoms with van der Waals surface area (Å²) in [6.07, 6.45) is 2.67. The van der Waals surface area contributed by atoms with Crippen molar-refractivity contribution in [1.82, 2.24) is 0 Å². The number of rotatable bonds is 2. The number of fused-ring (bicyclic) bond motifs is 1. The topological polar surface area (TPSA) is 57.6 Å². The number of phenolic OH excluding ortho intramolecular Hbond substituents is 1. The van der Waals surface area contributed by atoms with E-state index in [0.717, 1.165) is 24.8 Å². The Morgan fingerprint density at radius 3 is 2.30 bits per heavy atom. The van der Waals surface area contributed by atoms with E-state index in [2.05, 4.69) is 6.92 Å². The highest BCUT2D eigenvalue weighted by Gasteiger charge is 2.52. The molecule has 2 fully saturated rings. The number of anilines is 1. The van der Waals surface area contributed by atoms with Crippen LogP contribution in [-0.2, 0) is 9.59 Å². The summed E-state index contributed by atoms with van der Waals surface area (Å²) < 4.78 is 0. The smallest absolute Gasteiger partial charge is 0.237 e. The molecule has 1 saturated heterocycles. The van der Waals surface area contributed by atoms with Crippen LogP contribution in [0.2, 0.25) is 0 Å². The Labute approximate surface area is 118 Å². The van der Waals surface area contributed by atoms with Gasteiger partial charge in [-0.3, -0.25) is 9.59 Å². The Morgan fingerprint density at radius 2 is 1.80 bits per heavy atom. The number of hydrogen-bond donors (Lipinski definition) is 1. The van der Waals surface area contributed by atoms with E-state index in [4.69, 9.17) is 0 Å². The first-order valence-corrected chi connectivity index (χ1v) is 7.20. The van der Waals surface area contributed by atoms with Gasteiger partial charge in [-0.2, -0.15) is 0 Å². The summed E-state index contributed by atoms with van der Waals surface area (Å²) in [6.45, 7) is 3.89. The highest BCUT2D eigenvalue weighted by molar-refractivity contribution is 6.22. The number of imide groups is 1. The van der Waals surface area contributed by atoms with Gasteiger partial charge in [0.1, 0.15) is 5.75 Å². The molecule has 4 heteroatoms. The second kappa shape index (κ2) is 4.62. The third kappa shape index (κ3) is 1.82. The maximum atomic E-state index is 12.5. The van der Waals surface area contributed by atoms with Crippen LogP contribution in [0, 0.1) is 24.7 Å². The predicted octanol–water partition coefficient (Wildman–Crippen LogP) is 2.63. The van der Waals surface area contributed by atoms with Crippen LogP contribution in [0.4, 0.5) is 5.69 Å². The molecule has 1 aromatic rings. The second-order valence-corrected chi connectivity index (χ2v) is 5.94.